The summed E-state index contributed by atoms with van der Waals surface area (Å²) >= 11 is 0. The maximum atomic E-state index is 11.7. The van der Waals surface area contributed by atoms with Crippen LogP contribution in [0.3, 0.4) is 0 Å². The predicted molar refractivity (Wildman–Crippen MR) is 103 cm³/mol. The Balaban J connectivity index is 5.50. The molecule has 25 heavy (non-hydrogen) atoms. The summed E-state index contributed by atoms with van der Waals surface area (Å²) in [6.45, 7) is 8.61. The molecule has 0 aromatic heterocycles. The standard InChI is InChI=1S/C21H38O4/c1-5-9-11-16(7-3)13-18(14-17(8-4)12-10-6-2)19(21(24)25)15-20(22)23/h16-17H,5-15H2,1-4H3,(H,22,23)(H,24,25). The molecule has 0 aliphatic carbocycles. The lowest BCUT2D eigenvalue weighted by Crippen LogP contribution is -2.14. The molecule has 0 fully saturated rings. The highest BCUT2D eigenvalue weighted by molar-refractivity contribution is 5.92. The molecule has 0 spiro atoms. The number of carbonyl (C=O) groups is 2. The summed E-state index contributed by atoms with van der Waals surface area (Å²) < 4.78 is 0. The summed E-state index contributed by atoms with van der Waals surface area (Å²) in [6, 6.07) is 0. The summed E-state index contributed by atoms with van der Waals surface area (Å²) in [5, 5.41) is 18.7. The topological polar surface area (TPSA) is 74.6 Å². The van der Waals surface area contributed by atoms with Gasteiger partial charge in [0.2, 0.25) is 0 Å². The Bertz CT molecular complexity index is 406. The number of carboxylic acid groups (broad SMARTS) is 2. The summed E-state index contributed by atoms with van der Waals surface area (Å²) in [4.78, 5) is 22.9. The minimum atomic E-state index is -1.06. The Kier molecular flexibility index (Phi) is 13.2. The van der Waals surface area contributed by atoms with Gasteiger partial charge in [-0.05, 0) is 24.7 Å². The van der Waals surface area contributed by atoms with Crippen LogP contribution in [0.15, 0.2) is 11.1 Å². The number of allylic oxidation sites excluding steroid dienone is 1. The van der Waals surface area contributed by atoms with Gasteiger partial charge in [0.25, 0.3) is 0 Å². The van der Waals surface area contributed by atoms with Gasteiger partial charge in [-0.1, -0.05) is 84.6 Å². The molecule has 2 N–H and O–H groups in total. The molecule has 4 heteroatoms. The molecule has 2 atom stereocenters. The Morgan fingerprint density at radius 2 is 1.24 bits per heavy atom. The molecular weight excluding hydrogens is 316 g/mol. The molecule has 0 rings (SSSR count). The molecule has 0 heterocycles. The Morgan fingerprint density at radius 1 is 0.800 bits per heavy atom. The second kappa shape index (κ2) is 13.9. The highest BCUT2D eigenvalue weighted by atomic mass is 16.4. The predicted octanol–water partition coefficient (Wildman–Crippen LogP) is 6.06. The van der Waals surface area contributed by atoms with Crippen molar-refractivity contribution in [2.75, 3.05) is 0 Å². The number of carboxylic acids is 2. The Hall–Kier alpha value is -1.32. The van der Waals surface area contributed by atoms with E-state index in [0.717, 1.165) is 69.8 Å². The average Bonchev–Trinajstić information content (AvgIpc) is 2.58. The van der Waals surface area contributed by atoms with Gasteiger partial charge in [-0.15, -0.1) is 0 Å². The molecule has 2 unspecified atom stereocenters. The van der Waals surface area contributed by atoms with E-state index in [1.165, 1.54) is 0 Å². The Morgan fingerprint density at radius 3 is 1.52 bits per heavy atom. The summed E-state index contributed by atoms with van der Waals surface area (Å²) in [5.74, 6) is -1.23. The van der Waals surface area contributed by atoms with E-state index in [0.29, 0.717) is 11.8 Å². The molecule has 0 aromatic carbocycles. The first-order chi connectivity index (χ1) is 11.9. The van der Waals surface area contributed by atoms with Gasteiger partial charge in [0.15, 0.2) is 0 Å². The second-order valence-corrected chi connectivity index (χ2v) is 7.20. The molecule has 0 saturated carbocycles. The van der Waals surface area contributed by atoms with Crippen molar-refractivity contribution < 1.29 is 19.8 Å². The van der Waals surface area contributed by atoms with Crippen LogP contribution in [0.25, 0.3) is 0 Å². The van der Waals surface area contributed by atoms with E-state index >= 15 is 0 Å². The SMILES string of the molecule is CCCCC(CC)CC(CC(CC)CCCC)=C(CC(=O)O)C(=O)O. The van der Waals surface area contributed by atoms with Crippen molar-refractivity contribution in [1.82, 2.24) is 0 Å². The lowest BCUT2D eigenvalue weighted by atomic mass is 9.82. The van der Waals surface area contributed by atoms with Gasteiger partial charge in [-0.2, -0.15) is 0 Å². The van der Waals surface area contributed by atoms with Crippen molar-refractivity contribution in [1.29, 1.82) is 0 Å². The maximum absolute atomic E-state index is 11.7. The number of rotatable bonds is 15. The number of unbranched alkanes of at least 4 members (excludes halogenated alkanes) is 2. The fraction of sp³-hybridized carbons (Fsp3) is 0.810. The van der Waals surface area contributed by atoms with E-state index in [2.05, 4.69) is 27.7 Å². The zero-order chi connectivity index (χ0) is 19.2. The van der Waals surface area contributed by atoms with Crippen LogP contribution in [0.4, 0.5) is 0 Å². The highest BCUT2D eigenvalue weighted by Gasteiger charge is 2.22. The van der Waals surface area contributed by atoms with Gasteiger partial charge >= 0.3 is 11.9 Å². The molecule has 0 aliphatic heterocycles. The van der Waals surface area contributed by atoms with Crippen molar-refractivity contribution in [2.24, 2.45) is 11.8 Å². The number of hydrogen-bond donors (Lipinski definition) is 2. The third-order valence-corrected chi connectivity index (χ3v) is 5.17. The van der Waals surface area contributed by atoms with Crippen molar-refractivity contribution in [2.45, 2.75) is 98.3 Å². The van der Waals surface area contributed by atoms with Crippen molar-refractivity contribution in [3.8, 4) is 0 Å². The van der Waals surface area contributed by atoms with Crippen LogP contribution in [-0.4, -0.2) is 22.2 Å². The van der Waals surface area contributed by atoms with Gasteiger partial charge in [0, 0.05) is 5.57 Å². The van der Waals surface area contributed by atoms with Crippen LogP contribution in [0.1, 0.15) is 98.3 Å². The van der Waals surface area contributed by atoms with Crippen LogP contribution < -0.4 is 0 Å². The van der Waals surface area contributed by atoms with E-state index in [-0.39, 0.29) is 12.0 Å². The molecule has 146 valence electrons. The summed E-state index contributed by atoms with van der Waals surface area (Å²) in [7, 11) is 0. The van der Waals surface area contributed by atoms with E-state index in [4.69, 9.17) is 5.11 Å². The lowest BCUT2D eigenvalue weighted by Gasteiger charge is -2.23. The smallest absolute Gasteiger partial charge is 0.332 e. The normalized spacial score (nSPS) is 13.3. The van der Waals surface area contributed by atoms with Crippen LogP contribution in [0.5, 0.6) is 0 Å². The highest BCUT2D eigenvalue weighted by Crippen LogP contribution is 2.31. The first-order valence-corrected chi connectivity index (χ1v) is 10.0. The van der Waals surface area contributed by atoms with Crippen molar-refractivity contribution >= 4 is 11.9 Å². The van der Waals surface area contributed by atoms with E-state index in [1.807, 2.05) is 0 Å². The van der Waals surface area contributed by atoms with E-state index in [1.54, 1.807) is 0 Å². The zero-order valence-electron chi connectivity index (χ0n) is 16.6. The Labute approximate surface area is 153 Å². The van der Waals surface area contributed by atoms with Crippen LogP contribution >= 0.6 is 0 Å². The van der Waals surface area contributed by atoms with Gasteiger partial charge in [-0.25, -0.2) is 4.79 Å². The van der Waals surface area contributed by atoms with Crippen LogP contribution in [0.2, 0.25) is 0 Å². The molecule has 0 saturated heterocycles. The molecule has 0 radical (unpaired) electrons. The fourth-order valence-corrected chi connectivity index (χ4v) is 3.42. The fourth-order valence-electron chi connectivity index (χ4n) is 3.42. The minimum absolute atomic E-state index is 0.123. The summed E-state index contributed by atoms with van der Waals surface area (Å²) in [5.41, 5.74) is 0.998. The average molecular weight is 355 g/mol. The van der Waals surface area contributed by atoms with Gasteiger partial charge in [-0.3, -0.25) is 4.79 Å². The lowest BCUT2D eigenvalue weighted by molar-refractivity contribution is -0.139. The minimum Gasteiger partial charge on any atom is -0.481 e. The molecule has 0 bridgehead atoms. The zero-order valence-corrected chi connectivity index (χ0v) is 16.6. The van der Waals surface area contributed by atoms with Gasteiger partial charge in [0.05, 0.1) is 6.42 Å². The van der Waals surface area contributed by atoms with E-state index in [9.17, 15) is 14.7 Å². The van der Waals surface area contributed by atoms with Crippen LogP contribution in [-0.2, 0) is 9.59 Å². The van der Waals surface area contributed by atoms with Crippen LogP contribution in [0, 0.1) is 11.8 Å². The third kappa shape index (κ3) is 10.3. The first-order valence-electron chi connectivity index (χ1n) is 10.0. The number of hydrogen-bond acceptors (Lipinski definition) is 2. The van der Waals surface area contributed by atoms with Gasteiger partial charge < -0.3 is 10.2 Å². The van der Waals surface area contributed by atoms with Gasteiger partial charge in [0.1, 0.15) is 0 Å². The molecule has 0 amide bonds. The molecule has 0 aromatic rings. The first kappa shape index (κ1) is 23.7. The molecule has 0 aliphatic rings. The summed E-state index contributed by atoms with van der Waals surface area (Å²) in [6.07, 6.45) is 9.81. The third-order valence-electron chi connectivity index (χ3n) is 5.17. The molecular formula is C21H38O4. The largest absolute Gasteiger partial charge is 0.481 e. The quantitative estimate of drug-likeness (QED) is 0.351. The number of aliphatic carboxylic acids is 2. The maximum Gasteiger partial charge on any atom is 0.332 e. The van der Waals surface area contributed by atoms with Crippen molar-refractivity contribution in [3.05, 3.63) is 11.1 Å². The second-order valence-electron chi connectivity index (χ2n) is 7.20. The van der Waals surface area contributed by atoms with E-state index < -0.39 is 11.9 Å². The monoisotopic (exact) mass is 354 g/mol. The van der Waals surface area contributed by atoms with Crippen molar-refractivity contribution in [3.63, 3.8) is 0 Å². The molecule has 4 nitrogen and oxygen atoms in total.